The molecular formula is C24H16ClFN4O4. The molecule has 4 aromatic rings. The van der Waals surface area contributed by atoms with Gasteiger partial charge >= 0.3 is 6.09 Å². The molecule has 2 amide bonds. The zero-order valence-corrected chi connectivity index (χ0v) is 18.1. The molecular weight excluding hydrogens is 463 g/mol. The first-order valence-corrected chi connectivity index (χ1v) is 9.75. The third-order valence-corrected chi connectivity index (χ3v) is 5.53. The second-order valence-electron chi connectivity index (χ2n) is 7.41. The largest absolute Gasteiger partial charge is 0.465 e. The van der Waals surface area contributed by atoms with E-state index < -0.39 is 23.5 Å². The van der Waals surface area contributed by atoms with Gasteiger partial charge in [-0.2, -0.15) is 0 Å². The molecule has 10 heteroatoms. The number of carboxylic acid groups (broad SMARTS) is 1. The molecule has 4 N–H and O–H groups in total. The van der Waals surface area contributed by atoms with Gasteiger partial charge in [-0.1, -0.05) is 30.2 Å². The minimum Gasteiger partial charge on any atom is -0.465 e. The maximum absolute atomic E-state index is 14.0. The van der Waals surface area contributed by atoms with E-state index in [0.717, 1.165) is 11.0 Å². The number of benzene rings is 3. The standard InChI is InChI=1S/C24H15FN4O4.ClH/c1-2-13-11-15(8-9-18(13)25)29-21(30)16-5-3-4-6-17(16)24(29,33)14-7-10-19-20(12-14)27-22(26-19)28-23(31)32;/h1,3-12,33H,(H,31,32)(H2,26,27,28);1H. The number of nitrogens with zero attached hydrogens (tertiary/aromatic N) is 2. The number of hydrogen-bond donors (Lipinski definition) is 4. The number of carbonyl (C=O) groups excluding carboxylic acids is 1. The Morgan fingerprint density at radius 3 is 2.68 bits per heavy atom. The van der Waals surface area contributed by atoms with Gasteiger partial charge in [-0.25, -0.2) is 14.2 Å². The van der Waals surface area contributed by atoms with Gasteiger partial charge in [0.25, 0.3) is 5.91 Å². The first-order valence-electron chi connectivity index (χ1n) is 9.75. The second-order valence-corrected chi connectivity index (χ2v) is 7.41. The van der Waals surface area contributed by atoms with Crippen molar-refractivity contribution in [2.45, 2.75) is 5.72 Å². The van der Waals surface area contributed by atoms with Crippen molar-refractivity contribution in [1.82, 2.24) is 9.97 Å². The Balaban J connectivity index is 0.00000274. The van der Waals surface area contributed by atoms with Gasteiger partial charge in [0, 0.05) is 22.4 Å². The van der Waals surface area contributed by atoms with E-state index in [1.54, 1.807) is 42.5 Å². The molecule has 1 atom stereocenters. The van der Waals surface area contributed by atoms with Crippen LogP contribution in [0.1, 0.15) is 27.0 Å². The van der Waals surface area contributed by atoms with E-state index >= 15 is 0 Å². The number of carbonyl (C=O) groups is 2. The van der Waals surface area contributed by atoms with Gasteiger partial charge in [-0.05, 0) is 36.4 Å². The van der Waals surface area contributed by atoms with Crippen molar-refractivity contribution in [1.29, 1.82) is 0 Å². The van der Waals surface area contributed by atoms with Gasteiger partial charge in [-0.15, -0.1) is 18.8 Å². The lowest BCUT2D eigenvalue weighted by atomic mass is 9.93. The van der Waals surface area contributed by atoms with E-state index in [1.807, 2.05) is 0 Å². The molecule has 0 fully saturated rings. The van der Waals surface area contributed by atoms with Crippen molar-refractivity contribution < 1.29 is 24.2 Å². The Kier molecular flexibility index (Phi) is 5.49. The van der Waals surface area contributed by atoms with Crippen LogP contribution in [0.2, 0.25) is 0 Å². The molecule has 0 spiro atoms. The summed E-state index contributed by atoms with van der Waals surface area (Å²) in [5.74, 6) is 1.15. The number of halogens is 2. The predicted molar refractivity (Wildman–Crippen MR) is 126 cm³/mol. The van der Waals surface area contributed by atoms with Crippen LogP contribution in [-0.4, -0.2) is 32.2 Å². The minimum absolute atomic E-state index is 0. The van der Waals surface area contributed by atoms with Crippen LogP contribution in [0.4, 0.5) is 20.8 Å². The van der Waals surface area contributed by atoms with E-state index in [1.165, 1.54) is 12.1 Å². The van der Waals surface area contributed by atoms with Gasteiger partial charge in [0.15, 0.2) is 5.72 Å². The van der Waals surface area contributed by atoms with Crippen LogP contribution in [0.25, 0.3) is 11.0 Å². The lowest BCUT2D eigenvalue weighted by molar-refractivity contribution is 0.0704. The molecule has 1 unspecified atom stereocenters. The van der Waals surface area contributed by atoms with Crippen molar-refractivity contribution in [3.63, 3.8) is 0 Å². The number of anilines is 2. The Hall–Kier alpha value is -4.39. The predicted octanol–water partition coefficient (Wildman–Crippen LogP) is 4.05. The lowest BCUT2D eigenvalue weighted by Crippen LogP contribution is -2.45. The van der Waals surface area contributed by atoms with Crippen molar-refractivity contribution >= 4 is 47.1 Å². The molecule has 0 saturated heterocycles. The molecule has 170 valence electrons. The van der Waals surface area contributed by atoms with E-state index in [-0.39, 0.29) is 35.2 Å². The van der Waals surface area contributed by atoms with Gasteiger partial charge in [0.1, 0.15) is 5.82 Å². The van der Waals surface area contributed by atoms with Gasteiger partial charge in [0.05, 0.1) is 16.6 Å². The lowest BCUT2D eigenvalue weighted by Gasteiger charge is -2.35. The quantitative estimate of drug-likeness (QED) is 0.331. The Bertz CT molecular complexity index is 1510. The Morgan fingerprint density at radius 1 is 1.18 bits per heavy atom. The third kappa shape index (κ3) is 3.33. The van der Waals surface area contributed by atoms with Crippen LogP contribution in [0.15, 0.2) is 60.7 Å². The maximum atomic E-state index is 14.0. The molecule has 34 heavy (non-hydrogen) atoms. The zero-order chi connectivity index (χ0) is 23.3. The maximum Gasteiger partial charge on any atom is 0.411 e. The van der Waals surface area contributed by atoms with Crippen molar-refractivity contribution in [2.24, 2.45) is 0 Å². The van der Waals surface area contributed by atoms with Crippen LogP contribution in [0, 0.1) is 18.2 Å². The average molecular weight is 479 g/mol. The molecule has 0 saturated carbocycles. The number of aromatic nitrogens is 2. The van der Waals surface area contributed by atoms with Crippen molar-refractivity contribution in [3.8, 4) is 12.3 Å². The number of imidazole rings is 1. The first kappa shape index (κ1) is 22.8. The molecule has 3 aromatic carbocycles. The summed E-state index contributed by atoms with van der Waals surface area (Å²) in [5, 5.41) is 23.1. The first-order chi connectivity index (χ1) is 15.8. The Morgan fingerprint density at radius 2 is 1.94 bits per heavy atom. The summed E-state index contributed by atoms with van der Waals surface area (Å²) in [4.78, 5) is 32.5. The highest BCUT2D eigenvalue weighted by Crippen LogP contribution is 2.45. The number of hydrogen-bond acceptors (Lipinski definition) is 4. The van der Waals surface area contributed by atoms with E-state index in [0.29, 0.717) is 22.2 Å². The topological polar surface area (TPSA) is 119 Å². The van der Waals surface area contributed by atoms with Gasteiger partial charge in [-0.3, -0.25) is 15.0 Å². The summed E-state index contributed by atoms with van der Waals surface area (Å²) in [6.07, 6.45) is 4.12. The number of amides is 2. The highest BCUT2D eigenvalue weighted by atomic mass is 35.5. The smallest absolute Gasteiger partial charge is 0.411 e. The van der Waals surface area contributed by atoms with Gasteiger partial charge in [0.2, 0.25) is 5.95 Å². The van der Waals surface area contributed by atoms with Crippen molar-refractivity contribution in [3.05, 3.63) is 88.7 Å². The number of terminal acetylenes is 1. The molecule has 1 aliphatic rings. The molecule has 2 heterocycles. The molecule has 5 rings (SSSR count). The fourth-order valence-corrected chi connectivity index (χ4v) is 4.10. The van der Waals surface area contributed by atoms with Crippen LogP contribution in [0.5, 0.6) is 0 Å². The number of aliphatic hydroxyl groups is 1. The average Bonchev–Trinajstić information content (AvgIpc) is 3.30. The van der Waals surface area contributed by atoms with Gasteiger partial charge < -0.3 is 15.2 Å². The molecule has 1 aromatic heterocycles. The monoisotopic (exact) mass is 478 g/mol. The number of rotatable bonds is 3. The fourth-order valence-electron chi connectivity index (χ4n) is 4.10. The molecule has 8 nitrogen and oxygen atoms in total. The minimum atomic E-state index is -1.95. The SMILES string of the molecule is C#Cc1cc(N2C(=O)c3ccccc3C2(O)c2ccc3[nH]c(NC(=O)O)nc3c2)ccc1F.Cl. The number of H-pyrrole nitrogens is 1. The number of fused-ring (bicyclic) bond motifs is 2. The van der Waals surface area contributed by atoms with E-state index in [9.17, 15) is 19.1 Å². The normalized spacial score (nSPS) is 16.6. The Labute approximate surface area is 198 Å². The molecule has 1 aliphatic heterocycles. The third-order valence-electron chi connectivity index (χ3n) is 5.53. The second kappa shape index (κ2) is 8.19. The molecule has 0 bridgehead atoms. The summed E-state index contributed by atoms with van der Waals surface area (Å²) in [7, 11) is 0. The molecule has 0 aliphatic carbocycles. The summed E-state index contributed by atoms with van der Waals surface area (Å²) in [5.41, 5.74) is 0.00601. The van der Waals surface area contributed by atoms with Crippen LogP contribution in [0.3, 0.4) is 0 Å². The summed E-state index contributed by atoms with van der Waals surface area (Å²) < 4.78 is 14.0. The summed E-state index contributed by atoms with van der Waals surface area (Å²) in [6, 6.07) is 15.2. The highest BCUT2D eigenvalue weighted by Gasteiger charge is 2.50. The van der Waals surface area contributed by atoms with Crippen molar-refractivity contribution in [2.75, 3.05) is 10.2 Å². The van der Waals surface area contributed by atoms with E-state index in [2.05, 4.69) is 21.2 Å². The highest BCUT2D eigenvalue weighted by molar-refractivity contribution is 6.12. The van der Waals surface area contributed by atoms with Crippen LogP contribution < -0.4 is 10.2 Å². The zero-order valence-electron chi connectivity index (χ0n) is 17.2. The number of nitrogens with one attached hydrogen (secondary N) is 2. The van der Waals surface area contributed by atoms with E-state index in [4.69, 9.17) is 11.5 Å². The summed E-state index contributed by atoms with van der Waals surface area (Å²) >= 11 is 0. The molecule has 0 radical (unpaired) electrons. The summed E-state index contributed by atoms with van der Waals surface area (Å²) in [6.45, 7) is 0. The van der Waals surface area contributed by atoms with Crippen LogP contribution >= 0.6 is 12.4 Å². The van der Waals surface area contributed by atoms with Crippen LogP contribution in [-0.2, 0) is 5.72 Å². The fraction of sp³-hybridized carbons (Fsp3) is 0.0417. The number of aromatic amines is 1.